The molecule has 0 aliphatic heterocycles. The van der Waals surface area contributed by atoms with Crippen molar-refractivity contribution >= 4 is 17.5 Å². The molecule has 0 saturated carbocycles. The summed E-state index contributed by atoms with van der Waals surface area (Å²) in [5.74, 6) is -0.309. The molecule has 2 atom stereocenters. The minimum absolute atomic E-state index is 0.126. The first-order valence-electron chi connectivity index (χ1n) is 6.73. The maximum absolute atomic E-state index is 12.0. The number of rotatable bonds is 5. The lowest BCUT2D eigenvalue weighted by atomic mass is 9.98. The van der Waals surface area contributed by atoms with Gasteiger partial charge in [-0.3, -0.25) is 9.59 Å². The van der Waals surface area contributed by atoms with Crippen LogP contribution in [0.25, 0.3) is 0 Å². The van der Waals surface area contributed by atoms with Crippen LogP contribution in [0.15, 0.2) is 24.3 Å². The van der Waals surface area contributed by atoms with Crippen molar-refractivity contribution in [3.63, 3.8) is 0 Å². The summed E-state index contributed by atoms with van der Waals surface area (Å²) >= 11 is 0. The van der Waals surface area contributed by atoms with Crippen molar-refractivity contribution in [1.82, 2.24) is 5.32 Å². The molecule has 0 saturated heterocycles. The molecule has 0 radical (unpaired) electrons. The Labute approximate surface area is 119 Å². The van der Waals surface area contributed by atoms with Gasteiger partial charge in [-0.2, -0.15) is 0 Å². The average molecular weight is 277 g/mol. The standard InChI is InChI=1S/C15H23N3O2/c1-5-15(4,16)14(20)17-10(2)12-7-6-8-13(9-12)18-11(3)19/h6-10H,5,16H2,1-4H3,(H,17,20)(H,18,19). The minimum atomic E-state index is -0.872. The van der Waals surface area contributed by atoms with E-state index in [9.17, 15) is 9.59 Å². The quantitative estimate of drug-likeness (QED) is 0.769. The summed E-state index contributed by atoms with van der Waals surface area (Å²) in [6.45, 7) is 6.93. The summed E-state index contributed by atoms with van der Waals surface area (Å²) in [4.78, 5) is 23.1. The number of benzene rings is 1. The van der Waals surface area contributed by atoms with E-state index in [1.165, 1.54) is 6.92 Å². The van der Waals surface area contributed by atoms with Gasteiger partial charge >= 0.3 is 0 Å². The second-order valence-corrected chi connectivity index (χ2v) is 5.27. The SMILES string of the molecule is CCC(C)(N)C(=O)NC(C)c1cccc(NC(C)=O)c1. The Bertz CT molecular complexity index is 498. The van der Waals surface area contributed by atoms with Gasteiger partial charge in [0.15, 0.2) is 0 Å². The third-order valence-corrected chi connectivity index (χ3v) is 3.31. The monoisotopic (exact) mass is 277 g/mol. The lowest BCUT2D eigenvalue weighted by Crippen LogP contribution is -2.51. The van der Waals surface area contributed by atoms with Crippen LogP contribution < -0.4 is 16.4 Å². The first-order chi connectivity index (χ1) is 9.26. The second-order valence-electron chi connectivity index (χ2n) is 5.27. The number of amides is 2. The zero-order chi connectivity index (χ0) is 15.3. The molecule has 5 nitrogen and oxygen atoms in total. The minimum Gasteiger partial charge on any atom is -0.348 e. The molecule has 2 unspecified atom stereocenters. The lowest BCUT2D eigenvalue weighted by Gasteiger charge is -2.25. The predicted molar refractivity (Wildman–Crippen MR) is 80.2 cm³/mol. The van der Waals surface area contributed by atoms with Crippen molar-refractivity contribution in [2.45, 2.75) is 45.7 Å². The average Bonchev–Trinajstić information content (AvgIpc) is 2.38. The topological polar surface area (TPSA) is 84.2 Å². The fourth-order valence-electron chi connectivity index (χ4n) is 1.69. The van der Waals surface area contributed by atoms with Crippen LogP contribution in [0.5, 0.6) is 0 Å². The molecule has 0 aliphatic carbocycles. The smallest absolute Gasteiger partial charge is 0.240 e. The van der Waals surface area contributed by atoms with Crippen LogP contribution in [-0.4, -0.2) is 17.4 Å². The molecule has 2 amide bonds. The van der Waals surface area contributed by atoms with Crippen molar-refractivity contribution in [2.75, 3.05) is 5.32 Å². The van der Waals surface area contributed by atoms with Crippen molar-refractivity contribution in [1.29, 1.82) is 0 Å². The molecule has 4 N–H and O–H groups in total. The second kappa shape index (κ2) is 6.52. The Kier molecular flexibility index (Phi) is 5.27. The molecule has 0 aromatic heterocycles. The lowest BCUT2D eigenvalue weighted by molar-refractivity contribution is -0.126. The van der Waals surface area contributed by atoms with Gasteiger partial charge in [-0.25, -0.2) is 0 Å². The first-order valence-corrected chi connectivity index (χ1v) is 6.73. The molecule has 1 aromatic rings. The normalized spacial score (nSPS) is 15.1. The highest BCUT2D eigenvalue weighted by Gasteiger charge is 2.27. The number of nitrogens with two attached hydrogens (primary N) is 1. The number of hydrogen-bond donors (Lipinski definition) is 3. The first kappa shape index (κ1) is 16.2. The van der Waals surface area contributed by atoms with Crippen molar-refractivity contribution in [3.8, 4) is 0 Å². The molecule has 1 aromatic carbocycles. The molecule has 5 heteroatoms. The third-order valence-electron chi connectivity index (χ3n) is 3.31. The van der Waals surface area contributed by atoms with Gasteiger partial charge in [0.05, 0.1) is 11.6 Å². The highest BCUT2D eigenvalue weighted by molar-refractivity contribution is 5.89. The Balaban J connectivity index is 2.80. The van der Waals surface area contributed by atoms with Crippen LogP contribution in [0.4, 0.5) is 5.69 Å². The van der Waals surface area contributed by atoms with Crippen LogP contribution >= 0.6 is 0 Å². The molecule has 0 fully saturated rings. The molecule has 20 heavy (non-hydrogen) atoms. The number of carbonyl (C=O) groups excluding carboxylic acids is 2. The molecule has 0 heterocycles. The number of anilines is 1. The maximum Gasteiger partial charge on any atom is 0.240 e. The molecule has 0 spiro atoms. The van der Waals surface area contributed by atoms with Gasteiger partial charge in [-0.15, -0.1) is 0 Å². The van der Waals surface area contributed by atoms with Crippen LogP contribution in [-0.2, 0) is 9.59 Å². The van der Waals surface area contributed by atoms with Crippen molar-refractivity contribution < 1.29 is 9.59 Å². The van der Waals surface area contributed by atoms with E-state index in [1.807, 2.05) is 32.0 Å². The highest BCUT2D eigenvalue weighted by atomic mass is 16.2. The Morgan fingerprint density at radius 3 is 2.60 bits per heavy atom. The summed E-state index contributed by atoms with van der Waals surface area (Å²) in [6.07, 6.45) is 0.567. The van der Waals surface area contributed by atoms with Gasteiger partial charge < -0.3 is 16.4 Å². The largest absolute Gasteiger partial charge is 0.348 e. The van der Waals surface area contributed by atoms with Crippen LogP contribution in [0.3, 0.4) is 0 Å². The van der Waals surface area contributed by atoms with Gasteiger partial charge in [0, 0.05) is 12.6 Å². The molecule has 0 bridgehead atoms. The Morgan fingerprint density at radius 2 is 2.05 bits per heavy atom. The Morgan fingerprint density at radius 1 is 1.40 bits per heavy atom. The van der Waals surface area contributed by atoms with Gasteiger partial charge in [-0.1, -0.05) is 19.1 Å². The van der Waals surface area contributed by atoms with Gasteiger partial charge in [-0.05, 0) is 38.0 Å². The van der Waals surface area contributed by atoms with Crippen LogP contribution in [0.1, 0.15) is 45.7 Å². The Hall–Kier alpha value is -1.88. The molecule has 0 aliphatic rings. The van der Waals surface area contributed by atoms with E-state index in [-0.39, 0.29) is 17.9 Å². The van der Waals surface area contributed by atoms with E-state index < -0.39 is 5.54 Å². The van der Waals surface area contributed by atoms with E-state index in [0.29, 0.717) is 12.1 Å². The summed E-state index contributed by atoms with van der Waals surface area (Å²) in [6, 6.07) is 7.21. The summed E-state index contributed by atoms with van der Waals surface area (Å²) < 4.78 is 0. The predicted octanol–water partition coefficient (Wildman–Crippen LogP) is 1.95. The number of hydrogen-bond acceptors (Lipinski definition) is 3. The molecular weight excluding hydrogens is 254 g/mol. The van der Waals surface area contributed by atoms with Crippen molar-refractivity contribution in [3.05, 3.63) is 29.8 Å². The summed E-state index contributed by atoms with van der Waals surface area (Å²) in [5.41, 5.74) is 6.66. The van der Waals surface area contributed by atoms with E-state index in [1.54, 1.807) is 13.0 Å². The number of nitrogens with one attached hydrogen (secondary N) is 2. The molecule has 1 rings (SSSR count). The zero-order valence-corrected chi connectivity index (χ0v) is 12.5. The fourth-order valence-corrected chi connectivity index (χ4v) is 1.69. The van der Waals surface area contributed by atoms with E-state index in [4.69, 9.17) is 5.73 Å². The van der Waals surface area contributed by atoms with Gasteiger partial charge in [0.25, 0.3) is 0 Å². The van der Waals surface area contributed by atoms with Crippen LogP contribution in [0.2, 0.25) is 0 Å². The zero-order valence-electron chi connectivity index (χ0n) is 12.5. The van der Waals surface area contributed by atoms with E-state index >= 15 is 0 Å². The third kappa shape index (κ3) is 4.35. The summed E-state index contributed by atoms with van der Waals surface area (Å²) in [5, 5.41) is 5.61. The van der Waals surface area contributed by atoms with Gasteiger partial charge in [0.2, 0.25) is 11.8 Å². The van der Waals surface area contributed by atoms with E-state index in [0.717, 1.165) is 5.56 Å². The molecular formula is C15H23N3O2. The van der Waals surface area contributed by atoms with Crippen molar-refractivity contribution in [2.24, 2.45) is 5.73 Å². The molecule has 110 valence electrons. The fraction of sp³-hybridized carbons (Fsp3) is 0.467. The van der Waals surface area contributed by atoms with Gasteiger partial charge in [0.1, 0.15) is 0 Å². The number of carbonyl (C=O) groups is 2. The van der Waals surface area contributed by atoms with E-state index in [2.05, 4.69) is 10.6 Å². The summed E-state index contributed by atoms with van der Waals surface area (Å²) in [7, 11) is 0. The van der Waals surface area contributed by atoms with Crippen LogP contribution in [0, 0.1) is 0 Å². The highest BCUT2D eigenvalue weighted by Crippen LogP contribution is 2.18. The maximum atomic E-state index is 12.0.